The van der Waals surface area contributed by atoms with Gasteiger partial charge in [-0.2, -0.15) is 0 Å². The number of anilines is 1. The predicted octanol–water partition coefficient (Wildman–Crippen LogP) is 4.09. The molecule has 4 rings (SSSR count). The van der Waals surface area contributed by atoms with Crippen molar-refractivity contribution in [1.29, 1.82) is 0 Å². The van der Waals surface area contributed by atoms with E-state index in [1.807, 2.05) is 4.90 Å². The Labute approximate surface area is 184 Å². The minimum absolute atomic E-state index is 0.0124. The van der Waals surface area contributed by atoms with E-state index in [0.717, 1.165) is 25.0 Å². The zero-order valence-electron chi connectivity index (χ0n) is 17.6. The second kappa shape index (κ2) is 9.33. The number of aliphatic imine (C=N–C) groups is 1. The first-order valence-electron chi connectivity index (χ1n) is 10.4. The summed E-state index contributed by atoms with van der Waals surface area (Å²) in [5.74, 6) is -1.57. The van der Waals surface area contributed by atoms with E-state index in [1.54, 1.807) is 18.3 Å². The molecule has 9 heteroatoms. The summed E-state index contributed by atoms with van der Waals surface area (Å²) >= 11 is 0. The summed E-state index contributed by atoms with van der Waals surface area (Å²) in [5.41, 5.74) is 1.18. The molecule has 1 N–H and O–H groups in total. The van der Waals surface area contributed by atoms with Gasteiger partial charge in [0.25, 0.3) is 5.91 Å². The molecule has 32 heavy (non-hydrogen) atoms. The number of amides is 2. The summed E-state index contributed by atoms with van der Waals surface area (Å²) in [7, 11) is 1.49. The molecule has 0 spiro atoms. The number of fused-ring (bicyclic) bond motifs is 2. The van der Waals surface area contributed by atoms with Crippen LogP contribution in [0.5, 0.6) is 11.5 Å². The molecular weight excluding hydrogens is 420 g/mol. The Balaban J connectivity index is 1.36. The van der Waals surface area contributed by atoms with Crippen molar-refractivity contribution in [2.45, 2.75) is 31.7 Å². The average molecular weight is 443 g/mol. The van der Waals surface area contributed by atoms with Crippen molar-refractivity contribution in [1.82, 2.24) is 4.90 Å². The highest BCUT2D eigenvalue weighted by atomic mass is 19.2. The summed E-state index contributed by atoms with van der Waals surface area (Å²) in [4.78, 5) is 31.2. The summed E-state index contributed by atoms with van der Waals surface area (Å²) < 4.78 is 37.4. The van der Waals surface area contributed by atoms with E-state index < -0.39 is 11.6 Å². The highest BCUT2D eigenvalue weighted by Gasteiger charge is 2.32. The van der Waals surface area contributed by atoms with Gasteiger partial charge in [-0.15, -0.1) is 0 Å². The lowest BCUT2D eigenvalue weighted by Gasteiger charge is -2.20. The van der Waals surface area contributed by atoms with Crippen LogP contribution in [0.25, 0.3) is 0 Å². The zero-order chi connectivity index (χ0) is 22.7. The SMILES string of the molecule is COc1cc2c(cc1OCCCC(=O)Nc1ccc(F)c(F)c1)N=C[C@@H]1CCCN1C2=O. The normalized spacial score (nSPS) is 16.9. The van der Waals surface area contributed by atoms with Gasteiger partial charge in [-0.25, -0.2) is 8.78 Å². The van der Waals surface area contributed by atoms with Crippen LogP contribution in [0.15, 0.2) is 35.3 Å². The molecule has 2 heterocycles. The van der Waals surface area contributed by atoms with Gasteiger partial charge in [-0.1, -0.05) is 0 Å². The fourth-order valence-corrected chi connectivity index (χ4v) is 3.83. The number of nitrogens with zero attached hydrogens (tertiary/aromatic N) is 2. The van der Waals surface area contributed by atoms with Gasteiger partial charge in [0, 0.05) is 37.0 Å². The first-order chi connectivity index (χ1) is 15.5. The second-order valence-electron chi connectivity index (χ2n) is 7.64. The van der Waals surface area contributed by atoms with E-state index >= 15 is 0 Å². The summed E-state index contributed by atoms with van der Waals surface area (Å²) in [6, 6.07) is 6.50. The third kappa shape index (κ3) is 4.56. The maximum Gasteiger partial charge on any atom is 0.256 e. The smallest absolute Gasteiger partial charge is 0.256 e. The molecular formula is C23H23F2N3O4. The number of methoxy groups -OCH3 is 1. The van der Waals surface area contributed by atoms with Crippen LogP contribution in [0.1, 0.15) is 36.0 Å². The number of halogens is 2. The molecule has 0 radical (unpaired) electrons. The van der Waals surface area contributed by atoms with Crippen molar-refractivity contribution < 1.29 is 27.8 Å². The van der Waals surface area contributed by atoms with Gasteiger partial charge in [0.05, 0.1) is 31.0 Å². The lowest BCUT2D eigenvalue weighted by Crippen LogP contribution is -2.35. The first-order valence-corrected chi connectivity index (χ1v) is 10.4. The van der Waals surface area contributed by atoms with Crippen LogP contribution >= 0.6 is 0 Å². The van der Waals surface area contributed by atoms with Crippen molar-refractivity contribution in [2.75, 3.05) is 25.6 Å². The topological polar surface area (TPSA) is 80.2 Å². The van der Waals surface area contributed by atoms with Crippen molar-refractivity contribution in [2.24, 2.45) is 4.99 Å². The lowest BCUT2D eigenvalue weighted by atomic mass is 10.1. The van der Waals surface area contributed by atoms with Crippen molar-refractivity contribution in [3.05, 3.63) is 47.5 Å². The predicted molar refractivity (Wildman–Crippen MR) is 115 cm³/mol. The molecule has 0 unspecified atom stereocenters. The highest BCUT2D eigenvalue weighted by molar-refractivity contribution is 6.03. The minimum atomic E-state index is -1.02. The third-order valence-corrected chi connectivity index (χ3v) is 5.47. The van der Waals surface area contributed by atoms with Gasteiger partial charge in [0.15, 0.2) is 23.1 Å². The van der Waals surface area contributed by atoms with E-state index in [-0.39, 0.29) is 36.6 Å². The largest absolute Gasteiger partial charge is 0.493 e. The maximum absolute atomic E-state index is 13.2. The molecule has 2 amide bonds. The molecule has 0 aliphatic carbocycles. The van der Waals surface area contributed by atoms with Crippen LogP contribution in [0, 0.1) is 11.6 Å². The molecule has 2 aliphatic heterocycles. The fourth-order valence-electron chi connectivity index (χ4n) is 3.83. The Morgan fingerprint density at radius 3 is 2.84 bits per heavy atom. The van der Waals surface area contributed by atoms with Crippen LogP contribution in [0.3, 0.4) is 0 Å². The van der Waals surface area contributed by atoms with Gasteiger partial charge in [0.1, 0.15) is 0 Å². The minimum Gasteiger partial charge on any atom is -0.493 e. The molecule has 2 aromatic carbocycles. The summed E-state index contributed by atoms with van der Waals surface area (Å²) in [6.45, 7) is 0.926. The second-order valence-corrected chi connectivity index (χ2v) is 7.64. The number of carbonyl (C=O) groups excluding carboxylic acids is 2. The van der Waals surface area contributed by atoms with Gasteiger partial charge >= 0.3 is 0 Å². The quantitative estimate of drug-likeness (QED) is 0.654. The van der Waals surface area contributed by atoms with Gasteiger partial charge in [-0.3, -0.25) is 14.6 Å². The Morgan fingerprint density at radius 2 is 2.06 bits per heavy atom. The van der Waals surface area contributed by atoms with Crippen molar-refractivity contribution in [3.63, 3.8) is 0 Å². The standard InChI is InChI=1S/C23H23F2N3O4/c1-31-20-11-16-19(26-13-15-4-2-8-28(15)23(16)30)12-21(20)32-9-3-5-22(29)27-14-6-7-17(24)18(25)10-14/h6-7,10-13,15H,2-5,8-9H2,1H3,(H,27,29)/t15-/m0/s1. The lowest BCUT2D eigenvalue weighted by molar-refractivity contribution is -0.116. The maximum atomic E-state index is 13.2. The van der Waals surface area contributed by atoms with Gasteiger partial charge in [0.2, 0.25) is 5.91 Å². The van der Waals surface area contributed by atoms with Crippen molar-refractivity contribution in [3.8, 4) is 11.5 Å². The third-order valence-electron chi connectivity index (χ3n) is 5.47. The number of hydrogen-bond acceptors (Lipinski definition) is 5. The molecule has 1 fully saturated rings. The van der Waals surface area contributed by atoms with Crippen LogP contribution in [0.4, 0.5) is 20.2 Å². The Kier molecular flexibility index (Phi) is 6.34. The molecule has 0 aromatic heterocycles. The van der Waals surface area contributed by atoms with Crippen LogP contribution in [0.2, 0.25) is 0 Å². The molecule has 0 bridgehead atoms. The van der Waals surface area contributed by atoms with E-state index in [9.17, 15) is 18.4 Å². The summed E-state index contributed by atoms with van der Waals surface area (Å²) in [5, 5.41) is 2.52. The zero-order valence-corrected chi connectivity index (χ0v) is 17.6. The van der Waals surface area contributed by atoms with Gasteiger partial charge in [-0.05, 0) is 37.5 Å². The number of benzene rings is 2. The number of carbonyl (C=O) groups is 2. The monoisotopic (exact) mass is 443 g/mol. The van der Waals surface area contributed by atoms with Gasteiger partial charge < -0.3 is 19.7 Å². The Hall–Kier alpha value is -3.49. The molecule has 1 saturated heterocycles. The van der Waals surface area contributed by atoms with E-state index in [0.29, 0.717) is 35.7 Å². The number of rotatable bonds is 7. The number of ether oxygens (including phenoxy) is 2. The average Bonchev–Trinajstić information content (AvgIpc) is 3.21. The molecule has 2 aromatic rings. The van der Waals surface area contributed by atoms with Crippen LogP contribution in [-0.2, 0) is 4.79 Å². The highest BCUT2D eigenvalue weighted by Crippen LogP contribution is 2.38. The molecule has 2 aliphatic rings. The first kappa shape index (κ1) is 21.7. The van der Waals surface area contributed by atoms with E-state index in [2.05, 4.69) is 10.3 Å². The molecule has 0 saturated carbocycles. The Morgan fingerprint density at radius 1 is 1.22 bits per heavy atom. The number of nitrogens with one attached hydrogen (secondary N) is 1. The molecule has 1 atom stereocenters. The Bertz CT molecular complexity index is 1070. The molecule has 7 nitrogen and oxygen atoms in total. The summed E-state index contributed by atoms with van der Waals surface area (Å²) in [6.07, 6.45) is 4.17. The number of hydrogen-bond donors (Lipinski definition) is 1. The fraction of sp³-hybridized carbons (Fsp3) is 0.348. The van der Waals surface area contributed by atoms with E-state index in [1.165, 1.54) is 13.2 Å². The van der Waals surface area contributed by atoms with Crippen molar-refractivity contribution >= 4 is 29.4 Å². The van der Waals surface area contributed by atoms with Crippen LogP contribution in [-0.4, -0.2) is 49.2 Å². The molecule has 168 valence electrons. The van der Waals surface area contributed by atoms with Crippen LogP contribution < -0.4 is 14.8 Å². The van der Waals surface area contributed by atoms with E-state index in [4.69, 9.17) is 9.47 Å².